The topological polar surface area (TPSA) is 101 Å². The summed E-state index contributed by atoms with van der Waals surface area (Å²) in [5, 5.41) is 2.95. The van der Waals surface area contributed by atoms with Crippen LogP contribution in [-0.2, 0) is 17.8 Å². The zero-order valence-corrected chi connectivity index (χ0v) is 21.3. The van der Waals surface area contributed by atoms with Gasteiger partial charge < -0.3 is 19.5 Å². The molecule has 0 spiro atoms. The van der Waals surface area contributed by atoms with Gasteiger partial charge in [-0.05, 0) is 29.8 Å². The number of carbonyl (C=O) groups excluding carboxylic acids is 1. The maximum absolute atomic E-state index is 14.5. The smallest absolute Gasteiger partial charge is 0.332 e. The number of hydrogen-bond donors (Lipinski definition) is 1. The number of hydrogen-bond acceptors (Lipinski definition) is 6. The van der Waals surface area contributed by atoms with Crippen LogP contribution in [0.1, 0.15) is 21.5 Å². The number of amides is 1. The van der Waals surface area contributed by atoms with E-state index in [2.05, 4.69) is 5.32 Å². The molecule has 198 valence electrons. The van der Waals surface area contributed by atoms with Crippen molar-refractivity contribution in [3.05, 3.63) is 104 Å². The fourth-order valence-electron chi connectivity index (χ4n) is 4.15. The van der Waals surface area contributed by atoms with Crippen LogP contribution in [0, 0.1) is 5.82 Å². The zero-order valence-electron chi connectivity index (χ0n) is 21.3. The second-order valence-corrected chi connectivity index (χ2v) is 8.52. The van der Waals surface area contributed by atoms with Gasteiger partial charge in [0.15, 0.2) is 11.5 Å². The molecule has 1 heterocycles. The van der Waals surface area contributed by atoms with Gasteiger partial charge in [-0.1, -0.05) is 30.3 Å². The van der Waals surface area contributed by atoms with Crippen LogP contribution in [0.2, 0.25) is 0 Å². The van der Waals surface area contributed by atoms with E-state index in [9.17, 15) is 18.8 Å². The summed E-state index contributed by atoms with van der Waals surface area (Å²) < 4.78 is 32.6. The highest BCUT2D eigenvalue weighted by atomic mass is 19.1. The fraction of sp³-hybridized carbons (Fsp3) is 0.250. The lowest BCUT2D eigenvalue weighted by atomic mass is 10.1. The van der Waals surface area contributed by atoms with Crippen LogP contribution in [0.25, 0.3) is 10.9 Å². The molecule has 4 rings (SSSR count). The van der Waals surface area contributed by atoms with Crippen LogP contribution >= 0.6 is 0 Å². The fourth-order valence-corrected chi connectivity index (χ4v) is 4.15. The van der Waals surface area contributed by atoms with E-state index >= 15 is 0 Å². The minimum absolute atomic E-state index is 0.0508. The van der Waals surface area contributed by atoms with Gasteiger partial charge in [0.05, 0.1) is 44.8 Å². The number of benzene rings is 3. The SMILES string of the molecule is COCCNC(=O)c1ccc(Cn2c(=O)c3cc(OC)c(OC)cc3n(Cc3ccccc3F)c2=O)cc1. The van der Waals surface area contributed by atoms with Gasteiger partial charge in [0, 0.05) is 30.8 Å². The summed E-state index contributed by atoms with van der Waals surface area (Å²) in [6.45, 7) is 0.618. The van der Waals surface area contributed by atoms with Gasteiger partial charge in [-0.15, -0.1) is 0 Å². The molecule has 0 fully saturated rings. The quantitative estimate of drug-likeness (QED) is 0.322. The molecule has 0 saturated carbocycles. The molecule has 0 aliphatic heterocycles. The first-order chi connectivity index (χ1) is 18.4. The molecule has 1 amide bonds. The largest absolute Gasteiger partial charge is 0.493 e. The van der Waals surface area contributed by atoms with Crippen LogP contribution < -0.4 is 26.0 Å². The third kappa shape index (κ3) is 5.45. The van der Waals surface area contributed by atoms with Crippen LogP contribution in [0.4, 0.5) is 4.39 Å². The molecule has 1 aromatic heterocycles. The Labute approximate surface area is 218 Å². The summed E-state index contributed by atoms with van der Waals surface area (Å²) in [6.07, 6.45) is 0. The van der Waals surface area contributed by atoms with Crippen molar-refractivity contribution in [1.82, 2.24) is 14.5 Å². The van der Waals surface area contributed by atoms with Crippen molar-refractivity contribution in [3.8, 4) is 11.5 Å². The molecule has 0 bridgehead atoms. The van der Waals surface area contributed by atoms with E-state index in [1.807, 2.05) is 0 Å². The van der Waals surface area contributed by atoms with E-state index in [0.29, 0.717) is 46.9 Å². The van der Waals surface area contributed by atoms with Gasteiger partial charge >= 0.3 is 5.69 Å². The number of aromatic nitrogens is 2. The van der Waals surface area contributed by atoms with E-state index in [-0.39, 0.29) is 24.4 Å². The first kappa shape index (κ1) is 26.6. The average Bonchev–Trinajstić information content (AvgIpc) is 2.94. The summed E-state index contributed by atoms with van der Waals surface area (Å²) in [6, 6.07) is 15.8. The molecule has 38 heavy (non-hydrogen) atoms. The van der Waals surface area contributed by atoms with E-state index in [4.69, 9.17) is 14.2 Å². The number of nitrogens with zero attached hydrogens (tertiary/aromatic N) is 2. The van der Waals surface area contributed by atoms with Gasteiger partial charge in [-0.2, -0.15) is 0 Å². The molecule has 3 aromatic carbocycles. The predicted molar refractivity (Wildman–Crippen MR) is 141 cm³/mol. The highest BCUT2D eigenvalue weighted by Gasteiger charge is 2.18. The molecular weight excluding hydrogens is 493 g/mol. The van der Waals surface area contributed by atoms with E-state index in [0.717, 1.165) is 4.57 Å². The maximum Gasteiger partial charge on any atom is 0.332 e. The van der Waals surface area contributed by atoms with Gasteiger partial charge in [0.25, 0.3) is 11.5 Å². The number of ether oxygens (including phenoxy) is 3. The van der Waals surface area contributed by atoms with Gasteiger partial charge in [0.2, 0.25) is 0 Å². The Hall–Kier alpha value is -4.44. The highest BCUT2D eigenvalue weighted by molar-refractivity contribution is 5.94. The number of fused-ring (bicyclic) bond motifs is 1. The second-order valence-electron chi connectivity index (χ2n) is 8.52. The Kier molecular flexibility index (Phi) is 8.22. The number of carbonyl (C=O) groups is 1. The van der Waals surface area contributed by atoms with Crippen LogP contribution in [0.15, 0.2) is 70.3 Å². The molecule has 1 N–H and O–H groups in total. The number of nitrogens with one attached hydrogen (secondary N) is 1. The van der Waals surface area contributed by atoms with Crippen LogP contribution in [-0.4, -0.2) is 49.5 Å². The van der Waals surface area contributed by atoms with Crippen molar-refractivity contribution in [1.29, 1.82) is 0 Å². The van der Waals surface area contributed by atoms with Crippen molar-refractivity contribution in [3.63, 3.8) is 0 Å². The first-order valence-corrected chi connectivity index (χ1v) is 11.9. The second kappa shape index (κ2) is 11.7. The lowest BCUT2D eigenvalue weighted by Gasteiger charge is -2.17. The van der Waals surface area contributed by atoms with E-state index in [1.54, 1.807) is 55.6 Å². The minimum Gasteiger partial charge on any atom is -0.493 e. The Bertz CT molecular complexity index is 1580. The molecule has 10 heteroatoms. The third-order valence-electron chi connectivity index (χ3n) is 6.16. The van der Waals surface area contributed by atoms with Crippen molar-refractivity contribution in [2.45, 2.75) is 13.1 Å². The van der Waals surface area contributed by atoms with Crippen molar-refractivity contribution in [2.75, 3.05) is 34.5 Å². The molecule has 0 aliphatic rings. The predicted octanol–water partition coefficient (Wildman–Crippen LogP) is 2.79. The normalized spacial score (nSPS) is 10.9. The van der Waals surface area contributed by atoms with Gasteiger partial charge in [-0.25, -0.2) is 9.18 Å². The zero-order chi connectivity index (χ0) is 27.2. The first-order valence-electron chi connectivity index (χ1n) is 11.9. The summed E-state index contributed by atoms with van der Waals surface area (Å²) in [5.74, 6) is -0.0725. The Balaban J connectivity index is 1.79. The number of rotatable bonds is 10. The average molecular weight is 522 g/mol. The summed E-state index contributed by atoms with van der Waals surface area (Å²) in [4.78, 5) is 39.4. The standard InChI is InChI=1S/C28H28FN3O6/c1-36-13-12-30-26(33)19-10-8-18(9-11-19)16-32-27(34)21-14-24(37-2)25(38-3)15-23(21)31(28(32)35)17-20-6-4-5-7-22(20)29/h4-11,14-15H,12-13,16-17H2,1-3H3,(H,30,33). The maximum atomic E-state index is 14.5. The van der Waals surface area contributed by atoms with Gasteiger partial charge in [-0.3, -0.25) is 18.7 Å². The minimum atomic E-state index is -0.612. The van der Waals surface area contributed by atoms with Crippen molar-refractivity contribution in [2.24, 2.45) is 0 Å². The Morgan fingerprint density at radius 3 is 2.24 bits per heavy atom. The Morgan fingerprint density at radius 2 is 1.58 bits per heavy atom. The lowest BCUT2D eigenvalue weighted by molar-refractivity contribution is 0.0937. The van der Waals surface area contributed by atoms with Crippen molar-refractivity contribution < 1.29 is 23.4 Å². The molecular formula is C28H28FN3O6. The Morgan fingerprint density at radius 1 is 0.895 bits per heavy atom. The van der Waals surface area contributed by atoms with Crippen molar-refractivity contribution >= 4 is 16.8 Å². The van der Waals surface area contributed by atoms with Gasteiger partial charge in [0.1, 0.15) is 5.82 Å². The van der Waals surface area contributed by atoms with E-state index < -0.39 is 17.1 Å². The molecule has 0 aliphatic carbocycles. The van der Waals surface area contributed by atoms with E-state index in [1.165, 1.54) is 30.9 Å². The summed E-state index contributed by atoms with van der Waals surface area (Å²) in [5.41, 5.74) is 0.510. The number of halogens is 1. The van der Waals surface area contributed by atoms with Crippen LogP contribution in [0.3, 0.4) is 0 Å². The molecule has 4 aromatic rings. The lowest BCUT2D eigenvalue weighted by Crippen LogP contribution is -2.40. The molecule has 0 radical (unpaired) electrons. The summed E-state index contributed by atoms with van der Waals surface area (Å²) in [7, 11) is 4.45. The molecule has 0 saturated heterocycles. The third-order valence-corrected chi connectivity index (χ3v) is 6.16. The number of methoxy groups -OCH3 is 3. The molecule has 0 atom stereocenters. The highest BCUT2D eigenvalue weighted by Crippen LogP contribution is 2.30. The monoisotopic (exact) mass is 521 g/mol. The van der Waals surface area contributed by atoms with Crippen LogP contribution in [0.5, 0.6) is 11.5 Å². The molecule has 0 unspecified atom stereocenters. The summed E-state index contributed by atoms with van der Waals surface area (Å²) >= 11 is 0. The molecule has 9 nitrogen and oxygen atoms in total.